The molecule has 1 aliphatic carbocycles. The van der Waals surface area contributed by atoms with Crippen LogP contribution in [0, 0.1) is 19.3 Å². The molecule has 27 heavy (non-hydrogen) atoms. The van der Waals surface area contributed by atoms with E-state index in [9.17, 15) is 25.2 Å². The Morgan fingerprint density at radius 3 is 2.52 bits per heavy atom. The third-order valence-electron chi connectivity index (χ3n) is 5.80. The van der Waals surface area contributed by atoms with Crippen molar-refractivity contribution >= 4 is 5.78 Å². The lowest BCUT2D eigenvalue weighted by molar-refractivity contribution is -0.290. The van der Waals surface area contributed by atoms with Crippen LogP contribution in [0.1, 0.15) is 52.6 Å². The van der Waals surface area contributed by atoms with Crippen molar-refractivity contribution in [3.63, 3.8) is 0 Å². The van der Waals surface area contributed by atoms with Gasteiger partial charge in [0.15, 0.2) is 12.1 Å². The van der Waals surface area contributed by atoms with Crippen LogP contribution in [-0.2, 0) is 15.9 Å². The first kappa shape index (κ1) is 20.4. The Morgan fingerprint density at radius 2 is 1.89 bits per heavy atom. The molecule has 0 spiro atoms. The minimum absolute atomic E-state index is 0.000298. The van der Waals surface area contributed by atoms with Gasteiger partial charge < -0.3 is 29.9 Å². The molecule has 0 radical (unpaired) electrons. The number of rotatable bonds is 4. The molecule has 2 aliphatic rings. The van der Waals surface area contributed by atoms with Crippen LogP contribution in [-0.4, -0.2) is 64.0 Å². The maximum Gasteiger partial charge on any atom is 0.186 e. The smallest absolute Gasteiger partial charge is 0.186 e. The van der Waals surface area contributed by atoms with Crippen LogP contribution in [0.25, 0.3) is 0 Å². The van der Waals surface area contributed by atoms with Gasteiger partial charge in [-0.1, -0.05) is 6.07 Å². The maximum absolute atomic E-state index is 13.1. The molecular weight excluding hydrogens is 352 g/mol. The Bertz CT molecular complexity index is 742. The largest absolute Gasteiger partial charge is 0.396 e. The molecule has 0 unspecified atom stereocenters. The van der Waals surface area contributed by atoms with E-state index >= 15 is 0 Å². The second-order valence-corrected chi connectivity index (χ2v) is 8.05. The molecule has 1 aromatic rings. The van der Waals surface area contributed by atoms with E-state index < -0.39 is 36.1 Å². The minimum atomic E-state index is -1.42. The summed E-state index contributed by atoms with van der Waals surface area (Å²) in [6.45, 7) is 7.20. The first-order valence-electron chi connectivity index (χ1n) is 9.21. The molecule has 5 atom stereocenters. The summed E-state index contributed by atoms with van der Waals surface area (Å²) in [4.78, 5) is 13.1. The van der Waals surface area contributed by atoms with Gasteiger partial charge in [-0.25, -0.2) is 0 Å². The van der Waals surface area contributed by atoms with Gasteiger partial charge in [0.2, 0.25) is 0 Å². The summed E-state index contributed by atoms with van der Waals surface area (Å²) >= 11 is 0. The number of aliphatic hydroxyl groups excluding tert-OH is 4. The topological polar surface area (TPSA) is 116 Å². The van der Waals surface area contributed by atoms with Crippen molar-refractivity contribution in [2.45, 2.75) is 64.8 Å². The molecule has 0 bridgehead atoms. The van der Waals surface area contributed by atoms with Crippen LogP contribution in [0.2, 0.25) is 0 Å². The number of benzene rings is 1. The van der Waals surface area contributed by atoms with Gasteiger partial charge in [0.1, 0.15) is 18.3 Å². The lowest BCUT2D eigenvalue weighted by Crippen LogP contribution is -2.54. The number of hydrogen-bond donors (Lipinski definition) is 4. The van der Waals surface area contributed by atoms with Gasteiger partial charge in [-0.05, 0) is 56.4 Å². The van der Waals surface area contributed by atoms with Crippen molar-refractivity contribution in [1.29, 1.82) is 0 Å². The van der Waals surface area contributed by atoms with Crippen LogP contribution in [0.4, 0.5) is 0 Å². The Morgan fingerprint density at radius 1 is 1.22 bits per heavy atom. The number of ether oxygens (including phenoxy) is 2. The Kier molecular flexibility index (Phi) is 5.46. The van der Waals surface area contributed by atoms with Crippen LogP contribution < -0.4 is 0 Å². The molecule has 0 aromatic heterocycles. The van der Waals surface area contributed by atoms with Gasteiger partial charge in [-0.2, -0.15) is 0 Å². The molecule has 1 saturated heterocycles. The molecule has 0 saturated carbocycles. The van der Waals surface area contributed by atoms with Crippen molar-refractivity contribution in [2.24, 2.45) is 5.41 Å². The molecule has 1 fully saturated rings. The molecule has 3 rings (SSSR count). The fraction of sp³-hybridized carbons (Fsp3) is 0.650. The standard InChI is InChI=1S/C20H28O7/c1-9-7-12-14(10(2)11(9)5-6-21)17(25)20(3,4)18(12)27-19-16(24)15(23)13(22)8-26-19/h7,13,15-16,18-19,21-24H,5-6,8H2,1-4H3/t13-,15-,16+,18+,19-/m0/s1. The summed E-state index contributed by atoms with van der Waals surface area (Å²) < 4.78 is 11.4. The van der Waals surface area contributed by atoms with E-state index in [4.69, 9.17) is 9.47 Å². The van der Waals surface area contributed by atoms with Gasteiger partial charge in [0.25, 0.3) is 0 Å². The first-order chi connectivity index (χ1) is 12.6. The fourth-order valence-electron chi connectivity index (χ4n) is 4.17. The normalized spacial score (nSPS) is 32.6. The van der Waals surface area contributed by atoms with Gasteiger partial charge in [0.05, 0.1) is 18.1 Å². The molecule has 1 heterocycles. The van der Waals surface area contributed by atoms with Crippen molar-refractivity contribution in [1.82, 2.24) is 0 Å². The second kappa shape index (κ2) is 7.24. The highest BCUT2D eigenvalue weighted by Crippen LogP contribution is 2.50. The van der Waals surface area contributed by atoms with Gasteiger partial charge >= 0.3 is 0 Å². The average molecular weight is 380 g/mol. The lowest BCUT2D eigenvalue weighted by atomic mass is 9.86. The maximum atomic E-state index is 13.1. The van der Waals surface area contributed by atoms with E-state index in [1.165, 1.54) is 0 Å². The molecule has 1 aliphatic heterocycles. The number of carbonyl (C=O) groups is 1. The van der Waals surface area contributed by atoms with E-state index in [-0.39, 0.29) is 19.0 Å². The summed E-state index contributed by atoms with van der Waals surface area (Å²) in [5.74, 6) is -0.0647. The number of hydrogen-bond acceptors (Lipinski definition) is 7. The molecule has 7 heteroatoms. The number of fused-ring (bicyclic) bond motifs is 1. The number of aliphatic hydroxyl groups is 4. The highest BCUT2D eigenvalue weighted by Gasteiger charge is 2.51. The zero-order valence-electron chi connectivity index (χ0n) is 16.1. The van der Waals surface area contributed by atoms with Gasteiger partial charge in [-0.3, -0.25) is 4.79 Å². The molecule has 7 nitrogen and oxygen atoms in total. The van der Waals surface area contributed by atoms with Crippen LogP contribution in [0.5, 0.6) is 0 Å². The van der Waals surface area contributed by atoms with Crippen molar-refractivity contribution in [3.8, 4) is 0 Å². The van der Waals surface area contributed by atoms with Crippen LogP contribution in [0.15, 0.2) is 6.07 Å². The second-order valence-electron chi connectivity index (χ2n) is 8.05. The zero-order valence-corrected chi connectivity index (χ0v) is 16.1. The quantitative estimate of drug-likeness (QED) is 0.603. The fourth-order valence-corrected chi connectivity index (χ4v) is 4.17. The van der Waals surface area contributed by atoms with E-state index in [0.29, 0.717) is 12.0 Å². The summed E-state index contributed by atoms with van der Waals surface area (Å²) in [6, 6.07) is 1.89. The van der Waals surface area contributed by atoms with Crippen molar-refractivity contribution in [2.75, 3.05) is 13.2 Å². The lowest BCUT2D eigenvalue weighted by Gasteiger charge is -2.38. The Hall–Kier alpha value is -1.35. The Labute approximate surface area is 158 Å². The molecule has 150 valence electrons. The number of aryl methyl sites for hydroxylation is 1. The molecular formula is C20H28O7. The third kappa shape index (κ3) is 3.22. The number of carbonyl (C=O) groups excluding carboxylic acids is 1. The molecule has 1 aromatic carbocycles. The van der Waals surface area contributed by atoms with E-state index in [2.05, 4.69) is 0 Å². The van der Waals surface area contributed by atoms with Gasteiger partial charge in [-0.15, -0.1) is 0 Å². The molecule has 0 amide bonds. The molecule has 4 N–H and O–H groups in total. The van der Waals surface area contributed by atoms with Crippen molar-refractivity contribution in [3.05, 3.63) is 33.9 Å². The summed E-state index contributed by atoms with van der Waals surface area (Å²) in [5, 5.41) is 39.1. The highest BCUT2D eigenvalue weighted by atomic mass is 16.7. The summed E-state index contributed by atoms with van der Waals surface area (Å²) in [5.41, 5.74) is 3.17. The third-order valence-corrected chi connectivity index (χ3v) is 5.80. The average Bonchev–Trinajstić information content (AvgIpc) is 2.79. The number of ketones is 1. The van der Waals surface area contributed by atoms with E-state index in [0.717, 1.165) is 22.3 Å². The monoisotopic (exact) mass is 380 g/mol. The predicted octanol–water partition coefficient (Wildman–Crippen LogP) is 0.557. The minimum Gasteiger partial charge on any atom is -0.396 e. The predicted molar refractivity (Wildman–Crippen MR) is 96.4 cm³/mol. The summed E-state index contributed by atoms with van der Waals surface area (Å²) in [7, 11) is 0. The van der Waals surface area contributed by atoms with E-state index in [1.807, 2.05) is 19.9 Å². The van der Waals surface area contributed by atoms with Crippen LogP contribution in [0.3, 0.4) is 0 Å². The summed E-state index contributed by atoms with van der Waals surface area (Å²) in [6.07, 6.45) is -5.32. The number of Topliss-reactive ketones (excluding diaryl/α,β-unsaturated/α-hetero) is 1. The van der Waals surface area contributed by atoms with Crippen molar-refractivity contribution < 1.29 is 34.7 Å². The highest BCUT2D eigenvalue weighted by molar-refractivity contribution is 6.06. The van der Waals surface area contributed by atoms with Crippen LogP contribution >= 0.6 is 0 Å². The first-order valence-corrected chi connectivity index (χ1v) is 9.21. The Balaban J connectivity index is 2.00. The zero-order chi connectivity index (χ0) is 20.1. The SMILES string of the molecule is Cc1cc2c(c(C)c1CCO)C(=O)C(C)(C)[C@@H]2O[C@@H]1OC[C@H](O)[C@H](O)[C@H]1O. The van der Waals surface area contributed by atoms with E-state index in [1.54, 1.807) is 13.8 Å². The van der Waals surface area contributed by atoms with Gasteiger partial charge in [0, 0.05) is 12.2 Å².